The Morgan fingerprint density at radius 2 is 1.93 bits per heavy atom. The molecule has 0 spiro atoms. The van der Waals surface area contributed by atoms with Crippen molar-refractivity contribution in [2.24, 2.45) is 0 Å². The maximum absolute atomic E-state index is 13.2. The van der Waals surface area contributed by atoms with Crippen LogP contribution in [0.15, 0.2) is 29.1 Å². The maximum atomic E-state index is 13.2. The van der Waals surface area contributed by atoms with Crippen LogP contribution in [-0.4, -0.2) is 49.8 Å². The van der Waals surface area contributed by atoms with Crippen LogP contribution in [0, 0.1) is 0 Å². The Morgan fingerprint density at radius 3 is 2.63 bits per heavy atom. The van der Waals surface area contributed by atoms with Crippen molar-refractivity contribution in [2.45, 2.75) is 58.5 Å². The number of H-pyrrole nitrogens is 1. The number of ether oxygens (including phenoxy) is 1. The lowest BCUT2D eigenvalue weighted by Gasteiger charge is -2.35. The molecule has 1 saturated heterocycles. The lowest BCUT2D eigenvalue weighted by atomic mass is 9.99. The van der Waals surface area contributed by atoms with E-state index in [2.05, 4.69) is 46.2 Å². The number of hydrogen-bond donors (Lipinski definition) is 1. The second-order valence-electron chi connectivity index (χ2n) is 8.85. The van der Waals surface area contributed by atoms with E-state index in [9.17, 15) is 4.79 Å². The average Bonchev–Trinajstić information content (AvgIpc) is 3.20. The minimum Gasteiger partial charge on any atom is -0.494 e. The Kier molecular flexibility index (Phi) is 5.60. The molecule has 1 aliphatic heterocycles. The van der Waals surface area contributed by atoms with Crippen LogP contribution in [0.25, 0.3) is 10.9 Å². The first-order valence-corrected chi connectivity index (χ1v) is 10.7. The van der Waals surface area contributed by atoms with Crippen LogP contribution < -0.4 is 10.3 Å². The third kappa shape index (κ3) is 3.96. The number of pyridine rings is 1. The van der Waals surface area contributed by atoms with E-state index in [0.29, 0.717) is 18.0 Å². The first-order chi connectivity index (χ1) is 14.4. The van der Waals surface area contributed by atoms with E-state index in [0.717, 1.165) is 42.6 Å². The third-order valence-corrected chi connectivity index (χ3v) is 5.58. The van der Waals surface area contributed by atoms with Crippen molar-refractivity contribution in [1.29, 1.82) is 0 Å². The zero-order valence-corrected chi connectivity index (χ0v) is 18.2. The summed E-state index contributed by atoms with van der Waals surface area (Å²) in [6.07, 6.45) is 3.42. The summed E-state index contributed by atoms with van der Waals surface area (Å²) in [6, 6.07) is 7.41. The molecule has 0 amide bonds. The molecule has 8 heteroatoms. The highest BCUT2D eigenvalue weighted by molar-refractivity contribution is 5.80. The molecule has 8 nitrogen and oxygen atoms in total. The van der Waals surface area contributed by atoms with Gasteiger partial charge < -0.3 is 9.72 Å². The Morgan fingerprint density at radius 1 is 1.17 bits per heavy atom. The summed E-state index contributed by atoms with van der Waals surface area (Å²) in [7, 11) is 0. The lowest BCUT2D eigenvalue weighted by molar-refractivity contribution is 0.170. The van der Waals surface area contributed by atoms with E-state index < -0.39 is 0 Å². The molecule has 1 fully saturated rings. The molecule has 0 aliphatic carbocycles. The van der Waals surface area contributed by atoms with Crippen LogP contribution >= 0.6 is 0 Å². The highest BCUT2D eigenvalue weighted by Gasteiger charge is 2.33. The van der Waals surface area contributed by atoms with Crippen molar-refractivity contribution >= 4 is 10.9 Å². The predicted octanol–water partition coefficient (Wildman–Crippen LogP) is 3.24. The van der Waals surface area contributed by atoms with Crippen LogP contribution in [0.3, 0.4) is 0 Å². The second kappa shape index (κ2) is 8.18. The van der Waals surface area contributed by atoms with Gasteiger partial charge in [0.05, 0.1) is 12.1 Å². The minimum absolute atomic E-state index is 0.106. The van der Waals surface area contributed by atoms with Crippen molar-refractivity contribution in [2.75, 3.05) is 19.7 Å². The number of nitrogens with zero attached hydrogens (tertiary/aromatic N) is 5. The number of fused-ring (bicyclic) bond motifs is 1. The molecule has 0 radical (unpaired) electrons. The Hall–Kier alpha value is -2.74. The number of aromatic nitrogens is 5. The van der Waals surface area contributed by atoms with E-state index in [1.807, 2.05) is 35.9 Å². The number of likely N-dealkylation sites (tertiary alicyclic amines) is 1. The number of benzene rings is 1. The molecule has 3 aromatic rings. The van der Waals surface area contributed by atoms with Gasteiger partial charge in [-0.1, -0.05) is 6.42 Å². The Balaban J connectivity index is 1.88. The summed E-state index contributed by atoms with van der Waals surface area (Å²) in [5.41, 5.74) is 1.06. The van der Waals surface area contributed by atoms with Gasteiger partial charge in [-0.3, -0.25) is 9.69 Å². The highest BCUT2D eigenvalue weighted by atomic mass is 16.5. The van der Waals surface area contributed by atoms with Gasteiger partial charge in [0.25, 0.3) is 5.56 Å². The van der Waals surface area contributed by atoms with E-state index >= 15 is 0 Å². The fourth-order valence-corrected chi connectivity index (χ4v) is 4.18. The molecule has 0 saturated carbocycles. The van der Waals surface area contributed by atoms with Crippen molar-refractivity contribution in [3.8, 4) is 5.75 Å². The first kappa shape index (κ1) is 20.5. The van der Waals surface area contributed by atoms with E-state index in [4.69, 9.17) is 4.74 Å². The molecule has 0 bridgehead atoms. The molecule has 3 heterocycles. The molecular formula is C22H30N6O2. The molecule has 1 aliphatic rings. The summed E-state index contributed by atoms with van der Waals surface area (Å²) in [4.78, 5) is 18.6. The second-order valence-corrected chi connectivity index (χ2v) is 8.85. The highest BCUT2D eigenvalue weighted by Crippen LogP contribution is 2.31. The third-order valence-electron chi connectivity index (χ3n) is 5.58. The van der Waals surface area contributed by atoms with Gasteiger partial charge in [-0.05, 0) is 88.3 Å². The summed E-state index contributed by atoms with van der Waals surface area (Å²) in [5.74, 6) is 1.49. The number of aromatic amines is 1. The number of piperidine rings is 1. The van der Waals surface area contributed by atoms with Gasteiger partial charge in [0.2, 0.25) is 0 Å². The summed E-state index contributed by atoms with van der Waals surface area (Å²) in [6.45, 7) is 10.6. The number of nitrogens with one attached hydrogen (secondary N) is 1. The lowest BCUT2D eigenvalue weighted by Crippen LogP contribution is -2.40. The quantitative estimate of drug-likeness (QED) is 0.695. The molecule has 1 aromatic carbocycles. The SMILES string of the molecule is CCOc1ccc2[nH]c(=O)c([C@@H](c3nnnn3C(C)(C)C)N3CCCCC3)cc2c1. The van der Waals surface area contributed by atoms with Crippen LogP contribution in [0.5, 0.6) is 5.75 Å². The molecule has 4 rings (SSSR count). The number of rotatable bonds is 5. The zero-order chi connectivity index (χ0) is 21.3. The summed E-state index contributed by atoms with van der Waals surface area (Å²) in [5, 5.41) is 13.5. The smallest absolute Gasteiger partial charge is 0.253 e. The monoisotopic (exact) mass is 410 g/mol. The van der Waals surface area contributed by atoms with Crippen LogP contribution in [0.2, 0.25) is 0 Å². The van der Waals surface area contributed by atoms with Gasteiger partial charge >= 0.3 is 0 Å². The van der Waals surface area contributed by atoms with Gasteiger partial charge in [0.15, 0.2) is 5.82 Å². The minimum atomic E-state index is -0.302. The van der Waals surface area contributed by atoms with Crippen molar-refractivity contribution in [3.63, 3.8) is 0 Å². The fraction of sp³-hybridized carbons (Fsp3) is 0.545. The first-order valence-electron chi connectivity index (χ1n) is 10.7. The molecule has 160 valence electrons. The van der Waals surface area contributed by atoms with Gasteiger partial charge in [-0.2, -0.15) is 0 Å². The fourth-order valence-electron chi connectivity index (χ4n) is 4.18. The average molecular weight is 411 g/mol. The van der Waals surface area contributed by atoms with Gasteiger partial charge in [0, 0.05) is 16.5 Å². The molecule has 30 heavy (non-hydrogen) atoms. The Labute approximate surface area is 176 Å². The normalized spacial score (nSPS) is 16.7. The standard InChI is InChI=1S/C22H30N6O2/c1-5-30-16-9-10-18-15(13-16)14-17(21(29)23-18)19(27-11-7-6-8-12-27)20-24-25-26-28(20)22(2,3)4/h9-10,13-14,19H,5-8,11-12H2,1-4H3,(H,23,29)/t19-/m0/s1. The van der Waals surface area contributed by atoms with Gasteiger partial charge in [-0.25, -0.2) is 4.68 Å². The van der Waals surface area contributed by atoms with Crippen LogP contribution in [0.4, 0.5) is 0 Å². The Bertz CT molecular complexity index is 1080. The predicted molar refractivity (Wildman–Crippen MR) is 116 cm³/mol. The van der Waals surface area contributed by atoms with Crippen molar-refractivity contribution in [3.05, 3.63) is 46.0 Å². The maximum Gasteiger partial charge on any atom is 0.253 e. The number of tetrazole rings is 1. The number of hydrogen-bond acceptors (Lipinski definition) is 6. The van der Waals surface area contributed by atoms with Crippen LogP contribution in [0.1, 0.15) is 64.4 Å². The largest absolute Gasteiger partial charge is 0.494 e. The molecule has 1 N–H and O–H groups in total. The van der Waals surface area contributed by atoms with E-state index in [-0.39, 0.29) is 17.1 Å². The van der Waals surface area contributed by atoms with Crippen LogP contribution in [-0.2, 0) is 5.54 Å². The van der Waals surface area contributed by atoms with E-state index in [1.54, 1.807) is 0 Å². The summed E-state index contributed by atoms with van der Waals surface area (Å²) < 4.78 is 7.50. The van der Waals surface area contributed by atoms with Gasteiger partial charge in [-0.15, -0.1) is 5.10 Å². The molecule has 0 unspecified atom stereocenters. The topological polar surface area (TPSA) is 88.9 Å². The molecule has 1 atom stereocenters. The van der Waals surface area contributed by atoms with Crippen molar-refractivity contribution in [1.82, 2.24) is 30.1 Å². The van der Waals surface area contributed by atoms with Crippen molar-refractivity contribution < 1.29 is 4.74 Å². The zero-order valence-electron chi connectivity index (χ0n) is 18.2. The van der Waals surface area contributed by atoms with E-state index in [1.165, 1.54) is 6.42 Å². The van der Waals surface area contributed by atoms with Gasteiger partial charge in [0.1, 0.15) is 11.8 Å². The molecular weight excluding hydrogens is 380 g/mol. The summed E-state index contributed by atoms with van der Waals surface area (Å²) >= 11 is 0. The molecule has 2 aromatic heterocycles.